The van der Waals surface area contributed by atoms with E-state index >= 15 is 0 Å². The molecule has 3 aromatic rings. The number of aryl methyl sites for hydroxylation is 1. The second kappa shape index (κ2) is 10.2. The highest BCUT2D eigenvalue weighted by molar-refractivity contribution is 5.91. The molecule has 0 aliphatic carbocycles. The molecule has 0 radical (unpaired) electrons. The third kappa shape index (κ3) is 6.04. The van der Waals surface area contributed by atoms with Gasteiger partial charge < -0.3 is 10.1 Å². The van der Waals surface area contributed by atoms with E-state index < -0.39 is 0 Å². The van der Waals surface area contributed by atoms with Gasteiger partial charge >= 0.3 is 0 Å². The van der Waals surface area contributed by atoms with Gasteiger partial charge in [0, 0.05) is 19.2 Å². The molecule has 1 N–H and O–H groups in total. The first-order valence-corrected chi connectivity index (χ1v) is 9.77. The number of rotatable bonds is 9. The van der Waals surface area contributed by atoms with E-state index in [0.29, 0.717) is 19.7 Å². The number of nitrogens with zero attached hydrogens (tertiary/aromatic N) is 2. The van der Waals surface area contributed by atoms with Crippen LogP contribution in [-0.2, 0) is 19.7 Å². The number of hydrogen-bond donors (Lipinski definition) is 1. The van der Waals surface area contributed by atoms with Crippen molar-refractivity contribution in [3.05, 3.63) is 93.9 Å². The van der Waals surface area contributed by atoms with Gasteiger partial charge in [0.25, 0.3) is 11.5 Å². The van der Waals surface area contributed by atoms with Crippen LogP contribution < -0.4 is 15.6 Å². The van der Waals surface area contributed by atoms with E-state index in [-0.39, 0.29) is 17.2 Å². The molecule has 0 bridgehead atoms. The summed E-state index contributed by atoms with van der Waals surface area (Å²) in [4.78, 5) is 24.3. The van der Waals surface area contributed by atoms with Gasteiger partial charge in [0.2, 0.25) is 0 Å². The summed E-state index contributed by atoms with van der Waals surface area (Å²) in [5.74, 6) is 0.428. The van der Waals surface area contributed by atoms with Gasteiger partial charge in [-0.05, 0) is 35.7 Å². The van der Waals surface area contributed by atoms with Crippen LogP contribution in [0.2, 0.25) is 0 Å². The summed E-state index contributed by atoms with van der Waals surface area (Å²) in [7, 11) is 0. The molecule has 1 heterocycles. The zero-order valence-electron chi connectivity index (χ0n) is 16.5. The molecule has 0 saturated heterocycles. The van der Waals surface area contributed by atoms with E-state index in [1.165, 1.54) is 16.8 Å². The predicted molar refractivity (Wildman–Crippen MR) is 112 cm³/mol. The highest BCUT2D eigenvalue weighted by Gasteiger charge is 2.09. The predicted octanol–water partition coefficient (Wildman–Crippen LogP) is 3.55. The van der Waals surface area contributed by atoms with E-state index in [2.05, 4.69) is 10.4 Å². The minimum atomic E-state index is -0.314. The van der Waals surface area contributed by atoms with Gasteiger partial charge in [-0.3, -0.25) is 9.59 Å². The van der Waals surface area contributed by atoms with E-state index in [1.807, 2.05) is 61.5 Å². The monoisotopic (exact) mass is 391 g/mol. The van der Waals surface area contributed by atoms with Crippen LogP contribution in [0.3, 0.4) is 0 Å². The quantitative estimate of drug-likeness (QED) is 0.605. The van der Waals surface area contributed by atoms with Crippen LogP contribution in [0.5, 0.6) is 5.75 Å². The largest absolute Gasteiger partial charge is 0.489 e. The van der Waals surface area contributed by atoms with Crippen molar-refractivity contribution >= 4 is 5.91 Å². The standard InChI is InChI=1S/C23H25N3O3/c1-2-3-14-26-22(27)13-12-21(25-26)23(28)24-16-19-10-7-11-20(15-19)29-17-18-8-5-4-6-9-18/h4-13,15H,2-3,14,16-17H2,1H3,(H,24,28). The Kier molecular flexibility index (Phi) is 7.16. The highest BCUT2D eigenvalue weighted by atomic mass is 16.5. The number of unbranched alkanes of at least 4 members (excludes halogenated alkanes) is 1. The van der Waals surface area contributed by atoms with Crippen LogP contribution in [0.15, 0.2) is 71.5 Å². The van der Waals surface area contributed by atoms with Crippen molar-refractivity contribution in [2.24, 2.45) is 0 Å². The van der Waals surface area contributed by atoms with Crippen LogP contribution in [0.25, 0.3) is 0 Å². The van der Waals surface area contributed by atoms with Gasteiger partial charge in [0.1, 0.15) is 18.1 Å². The van der Waals surface area contributed by atoms with Crippen molar-refractivity contribution < 1.29 is 9.53 Å². The lowest BCUT2D eigenvalue weighted by Crippen LogP contribution is -2.29. The number of ether oxygens (including phenoxy) is 1. The number of hydrogen-bond acceptors (Lipinski definition) is 4. The molecular weight excluding hydrogens is 366 g/mol. The molecule has 0 atom stereocenters. The summed E-state index contributed by atoms with van der Waals surface area (Å²) in [6, 6.07) is 20.4. The Labute approximate surface area is 170 Å². The number of carbonyl (C=O) groups is 1. The van der Waals surface area contributed by atoms with Gasteiger partial charge in [0.05, 0.1) is 0 Å². The van der Waals surface area contributed by atoms with Crippen molar-refractivity contribution in [3.63, 3.8) is 0 Å². The maximum absolute atomic E-state index is 12.4. The molecule has 0 aliphatic heterocycles. The molecule has 1 aromatic heterocycles. The fourth-order valence-corrected chi connectivity index (χ4v) is 2.80. The van der Waals surface area contributed by atoms with E-state index in [1.54, 1.807) is 0 Å². The molecule has 0 fully saturated rings. The lowest BCUT2D eigenvalue weighted by molar-refractivity contribution is 0.0943. The van der Waals surface area contributed by atoms with Crippen molar-refractivity contribution in [3.8, 4) is 5.75 Å². The lowest BCUT2D eigenvalue weighted by Gasteiger charge is -2.10. The molecule has 3 rings (SSSR count). The summed E-state index contributed by atoms with van der Waals surface area (Å²) in [5.41, 5.74) is 2.05. The number of aromatic nitrogens is 2. The lowest BCUT2D eigenvalue weighted by atomic mass is 10.2. The molecule has 0 unspecified atom stereocenters. The van der Waals surface area contributed by atoms with Crippen LogP contribution in [0.1, 0.15) is 41.4 Å². The maximum Gasteiger partial charge on any atom is 0.271 e. The first kappa shape index (κ1) is 20.3. The Morgan fingerprint density at radius 2 is 1.83 bits per heavy atom. The van der Waals surface area contributed by atoms with Crippen LogP contribution in [0.4, 0.5) is 0 Å². The summed E-state index contributed by atoms with van der Waals surface area (Å²) in [5, 5.41) is 7.02. The van der Waals surface area contributed by atoms with Crippen molar-refractivity contribution in [1.82, 2.24) is 15.1 Å². The first-order valence-electron chi connectivity index (χ1n) is 9.77. The third-order valence-corrected chi connectivity index (χ3v) is 4.42. The molecule has 0 spiro atoms. The van der Waals surface area contributed by atoms with Crippen molar-refractivity contribution in [1.29, 1.82) is 0 Å². The number of nitrogens with one attached hydrogen (secondary N) is 1. The molecule has 0 saturated carbocycles. The molecule has 29 heavy (non-hydrogen) atoms. The average Bonchev–Trinajstić information content (AvgIpc) is 2.76. The Hall–Kier alpha value is -3.41. The zero-order valence-corrected chi connectivity index (χ0v) is 16.5. The number of carbonyl (C=O) groups excluding carboxylic acids is 1. The smallest absolute Gasteiger partial charge is 0.271 e. The molecule has 150 valence electrons. The zero-order chi connectivity index (χ0) is 20.5. The van der Waals surface area contributed by atoms with E-state index in [4.69, 9.17) is 4.74 Å². The third-order valence-electron chi connectivity index (χ3n) is 4.42. The minimum absolute atomic E-state index is 0.196. The fourth-order valence-electron chi connectivity index (χ4n) is 2.80. The number of amides is 1. The highest BCUT2D eigenvalue weighted by Crippen LogP contribution is 2.15. The fraction of sp³-hybridized carbons (Fsp3) is 0.261. The second-order valence-corrected chi connectivity index (χ2v) is 6.74. The molecule has 6 heteroatoms. The molecular formula is C23H25N3O3. The SMILES string of the molecule is CCCCn1nc(C(=O)NCc2cccc(OCc3ccccc3)c2)ccc1=O. The van der Waals surface area contributed by atoms with E-state index in [0.717, 1.165) is 29.7 Å². The van der Waals surface area contributed by atoms with Crippen molar-refractivity contribution in [2.75, 3.05) is 0 Å². The maximum atomic E-state index is 12.4. The van der Waals surface area contributed by atoms with Gasteiger partial charge in [0.15, 0.2) is 0 Å². The van der Waals surface area contributed by atoms with Crippen LogP contribution in [0, 0.1) is 0 Å². The summed E-state index contributed by atoms with van der Waals surface area (Å²) >= 11 is 0. The summed E-state index contributed by atoms with van der Waals surface area (Å²) in [6.07, 6.45) is 1.79. The second-order valence-electron chi connectivity index (χ2n) is 6.74. The Balaban J connectivity index is 1.58. The average molecular weight is 391 g/mol. The van der Waals surface area contributed by atoms with Gasteiger partial charge in [-0.1, -0.05) is 55.8 Å². The summed E-state index contributed by atoms with van der Waals surface area (Å²) in [6.45, 7) is 3.38. The molecule has 6 nitrogen and oxygen atoms in total. The number of benzene rings is 2. The van der Waals surface area contributed by atoms with E-state index in [9.17, 15) is 9.59 Å². The Morgan fingerprint density at radius 3 is 2.62 bits per heavy atom. The normalized spacial score (nSPS) is 10.5. The van der Waals surface area contributed by atoms with Gasteiger partial charge in [-0.15, -0.1) is 0 Å². The van der Waals surface area contributed by atoms with Gasteiger partial charge in [-0.25, -0.2) is 4.68 Å². The van der Waals surface area contributed by atoms with Crippen molar-refractivity contribution in [2.45, 2.75) is 39.5 Å². The molecule has 2 aromatic carbocycles. The minimum Gasteiger partial charge on any atom is -0.489 e. The first-order chi connectivity index (χ1) is 14.2. The van der Waals surface area contributed by atoms with Crippen LogP contribution in [-0.4, -0.2) is 15.7 Å². The molecule has 0 aliphatic rings. The van der Waals surface area contributed by atoms with Crippen LogP contribution >= 0.6 is 0 Å². The Morgan fingerprint density at radius 1 is 1.03 bits per heavy atom. The Bertz CT molecular complexity index is 1000. The van der Waals surface area contributed by atoms with Gasteiger partial charge in [-0.2, -0.15) is 5.10 Å². The summed E-state index contributed by atoms with van der Waals surface area (Å²) < 4.78 is 7.17. The molecule has 1 amide bonds. The topological polar surface area (TPSA) is 73.2 Å².